The van der Waals surface area contributed by atoms with Gasteiger partial charge < -0.3 is 9.30 Å². The fraction of sp³-hybridized carbons (Fsp3) is 0.533. The van der Waals surface area contributed by atoms with Gasteiger partial charge in [0.05, 0.1) is 5.39 Å². The second kappa shape index (κ2) is 6.89. The maximum absolute atomic E-state index is 11.8. The Morgan fingerprint density at radius 2 is 1.95 bits per heavy atom. The molecule has 2 rings (SSSR count). The minimum Gasteiger partial charge on any atom is -0.459 e. The molecule has 0 bridgehead atoms. The molecule has 0 atom stereocenters. The maximum atomic E-state index is 11.8. The molecule has 0 saturated carbocycles. The summed E-state index contributed by atoms with van der Waals surface area (Å²) in [4.78, 5) is 20.0. The van der Waals surface area contributed by atoms with Crippen LogP contribution in [0.3, 0.4) is 0 Å². The van der Waals surface area contributed by atoms with Crippen molar-refractivity contribution in [3.05, 3.63) is 23.2 Å². The van der Waals surface area contributed by atoms with Gasteiger partial charge in [-0.05, 0) is 33.3 Å². The number of hydrogen-bond acceptors (Lipinski definition) is 4. The van der Waals surface area contributed by atoms with E-state index in [4.69, 9.17) is 16.3 Å². The van der Waals surface area contributed by atoms with Crippen LogP contribution in [-0.2, 0) is 16.1 Å². The quantitative estimate of drug-likeness (QED) is 0.626. The molecule has 0 saturated heterocycles. The van der Waals surface area contributed by atoms with Gasteiger partial charge >= 0.3 is 5.97 Å². The second-order valence-corrected chi connectivity index (χ2v) is 5.75. The summed E-state index contributed by atoms with van der Waals surface area (Å²) in [6.45, 7) is 11.5. The molecule has 0 aliphatic carbocycles. The number of esters is 1. The van der Waals surface area contributed by atoms with Gasteiger partial charge in [0.25, 0.3) is 0 Å². The van der Waals surface area contributed by atoms with E-state index in [0.29, 0.717) is 10.8 Å². The number of rotatable bonds is 2. The van der Waals surface area contributed by atoms with Crippen molar-refractivity contribution in [1.29, 1.82) is 0 Å². The SMILES string of the molecule is CC.Cc1cn(CC(=O)OC(C)(C)C)c2ncnc(Cl)c12. The summed E-state index contributed by atoms with van der Waals surface area (Å²) in [7, 11) is 0. The van der Waals surface area contributed by atoms with E-state index in [2.05, 4.69) is 9.97 Å². The third-order valence-corrected chi connectivity index (χ3v) is 2.80. The van der Waals surface area contributed by atoms with Crippen LogP contribution in [0.4, 0.5) is 0 Å². The van der Waals surface area contributed by atoms with E-state index in [1.54, 1.807) is 4.57 Å². The molecule has 0 amide bonds. The lowest BCUT2D eigenvalue weighted by molar-refractivity contribution is -0.155. The van der Waals surface area contributed by atoms with Crippen molar-refractivity contribution in [3.63, 3.8) is 0 Å². The van der Waals surface area contributed by atoms with Crippen LogP contribution in [0, 0.1) is 6.92 Å². The molecule has 0 radical (unpaired) electrons. The largest absolute Gasteiger partial charge is 0.459 e. The van der Waals surface area contributed by atoms with E-state index in [1.807, 2.05) is 47.7 Å². The first kappa shape index (κ1) is 17.4. The van der Waals surface area contributed by atoms with Crippen LogP contribution in [0.1, 0.15) is 40.2 Å². The van der Waals surface area contributed by atoms with Gasteiger partial charge in [-0.1, -0.05) is 25.4 Å². The fourth-order valence-electron chi connectivity index (χ4n) is 1.91. The summed E-state index contributed by atoms with van der Waals surface area (Å²) in [6, 6.07) is 0. The van der Waals surface area contributed by atoms with Gasteiger partial charge in [-0.15, -0.1) is 0 Å². The van der Waals surface area contributed by atoms with E-state index in [-0.39, 0.29) is 12.5 Å². The molecule has 0 N–H and O–H groups in total. The molecular weight excluding hydrogens is 290 g/mol. The number of hydrogen-bond donors (Lipinski definition) is 0. The van der Waals surface area contributed by atoms with Crippen molar-refractivity contribution in [2.75, 3.05) is 0 Å². The number of aromatic nitrogens is 3. The average molecular weight is 312 g/mol. The summed E-state index contributed by atoms with van der Waals surface area (Å²) in [5.74, 6) is -0.306. The molecule has 0 aliphatic heterocycles. The number of carbonyl (C=O) groups excluding carboxylic acids is 1. The first-order valence-electron chi connectivity index (χ1n) is 6.96. The second-order valence-electron chi connectivity index (χ2n) is 5.39. The Morgan fingerprint density at radius 3 is 2.52 bits per heavy atom. The van der Waals surface area contributed by atoms with Crippen LogP contribution < -0.4 is 0 Å². The number of halogens is 1. The van der Waals surface area contributed by atoms with Gasteiger partial charge in [0.15, 0.2) is 0 Å². The predicted molar refractivity (Wildman–Crippen MR) is 84.5 cm³/mol. The fourth-order valence-corrected chi connectivity index (χ4v) is 2.18. The first-order chi connectivity index (χ1) is 9.78. The molecule has 0 spiro atoms. The molecule has 116 valence electrons. The number of nitrogens with zero attached hydrogens (tertiary/aromatic N) is 3. The highest BCUT2D eigenvalue weighted by Crippen LogP contribution is 2.24. The van der Waals surface area contributed by atoms with Crippen molar-refractivity contribution in [2.24, 2.45) is 0 Å². The highest BCUT2D eigenvalue weighted by Gasteiger charge is 2.18. The maximum Gasteiger partial charge on any atom is 0.326 e. The number of ether oxygens (including phenoxy) is 1. The van der Waals surface area contributed by atoms with Gasteiger partial charge in [-0.25, -0.2) is 9.97 Å². The van der Waals surface area contributed by atoms with E-state index < -0.39 is 5.60 Å². The smallest absolute Gasteiger partial charge is 0.326 e. The lowest BCUT2D eigenvalue weighted by atomic mass is 10.2. The van der Waals surface area contributed by atoms with Crippen molar-refractivity contribution >= 4 is 28.6 Å². The van der Waals surface area contributed by atoms with Crippen LogP contribution in [0.2, 0.25) is 5.15 Å². The summed E-state index contributed by atoms with van der Waals surface area (Å²) in [6.07, 6.45) is 3.21. The van der Waals surface area contributed by atoms with E-state index >= 15 is 0 Å². The van der Waals surface area contributed by atoms with Crippen LogP contribution in [0.5, 0.6) is 0 Å². The normalized spacial score (nSPS) is 11.0. The molecule has 2 aromatic rings. The minimum absolute atomic E-state index is 0.106. The highest BCUT2D eigenvalue weighted by molar-refractivity contribution is 6.34. The topological polar surface area (TPSA) is 57.0 Å². The third-order valence-electron chi connectivity index (χ3n) is 2.52. The molecule has 0 unspecified atom stereocenters. The van der Waals surface area contributed by atoms with Crippen LogP contribution >= 0.6 is 11.6 Å². The van der Waals surface area contributed by atoms with Gasteiger partial charge in [0.1, 0.15) is 29.3 Å². The molecule has 0 fully saturated rings. The molecule has 5 nitrogen and oxygen atoms in total. The van der Waals surface area contributed by atoms with Gasteiger partial charge in [0, 0.05) is 6.20 Å². The zero-order valence-corrected chi connectivity index (χ0v) is 14.2. The van der Waals surface area contributed by atoms with Gasteiger partial charge in [-0.2, -0.15) is 0 Å². The van der Waals surface area contributed by atoms with Gasteiger partial charge in [-0.3, -0.25) is 4.79 Å². The molecule has 2 aromatic heterocycles. The highest BCUT2D eigenvalue weighted by atomic mass is 35.5. The zero-order chi connectivity index (χ0) is 16.2. The molecular formula is C15H22ClN3O2. The summed E-state index contributed by atoms with van der Waals surface area (Å²) in [5.41, 5.74) is 1.08. The Bertz CT molecular complexity index is 630. The Morgan fingerprint density at radius 1 is 1.33 bits per heavy atom. The lowest BCUT2D eigenvalue weighted by Gasteiger charge is -2.19. The Balaban J connectivity index is 0.00000106. The van der Waals surface area contributed by atoms with Crippen molar-refractivity contribution in [3.8, 4) is 0 Å². The summed E-state index contributed by atoms with van der Waals surface area (Å²) >= 11 is 6.04. The van der Waals surface area contributed by atoms with Crippen LogP contribution in [-0.4, -0.2) is 26.1 Å². The Hall–Kier alpha value is -1.62. The van der Waals surface area contributed by atoms with Crippen molar-refractivity contribution in [2.45, 2.75) is 53.7 Å². The number of fused-ring (bicyclic) bond motifs is 1. The number of aryl methyl sites for hydroxylation is 1. The van der Waals surface area contributed by atoms with Crippen molar-refractivity contribution in [1.82, 2.24) is 14.5 Å². The Labute approximate surface area is 130 Å². The van der Waals surface area contributed by atoms with E-state index in [1.165, 1.54) is 6.33 Å². The zero-order valence-electron chi connectivity index (χ0n) is 13.4. The molecule has 21 heavy (non-hydrogen) atoms. The molecule has 0 aromatic carbocycles. The van der Waals surface area contributed by atoms with Crippen LogP contribution in [0.15, 0.2) is 12.5 Å². The molecule has 6 heteroatoms. The molecule has 0 aliphatic rings. The monoisotopic (exact) mass is 311 g/mol. The average Bonchev–Trinajstić information content (AvgIpc) is 2.67. The predicted octanol–water partition coefficient (Wildman–Crippen LogP) is 3.76. The standard InChI is InChI=1S/C13H16ClN3O2.C2H6/c1-8-5-17(6-9(18)19-13(2,3)4)12-10(8)11(14)15-7-16-12;1-2/h5,7H,6H2,1-4H3;1-2H3. The van der Waals surface area contributed by atoms with Crippen molar-refractivity contribution < 1.29 is 9.53 Å². The number of carbonyl (C=O) groups is 1. The lowest BCUT2D eigenvalue weighted by Crippen LogP contribution is -2.26. The third kappa shape index (κ3) is 4.43. The van der Waals surface area contributed by atoms with E-state index in [9.17, 15) is 4.79 Å². The first-order valence-corrected chi connectivity index (χ1v) is 7.33. The van der Waals surface area contributed by atoms with Crippen LogP contribution in [0.25, 0.3) is 11.0 Å². The summed E-state index contributed by atoms with van der Waals surface area (Å²) < 4.78 is 7.02. The van der Waals surface area contributed by atoms with E-state index in [0.717, 1.165) is 10.9 Å². The summed E-state index contributed by atoms with van der Waals surface area (Å²) in [5, 5.41) is 1.16. The minimum atomic E-state index is -0.498. The Kier molecular flexibility index (Phi) is 5.72. The van der Waals surface area contributed by atoms with Gasteiger partial charge in [0.2, 0.25) is 0 Å². The molecule has 2 heterocycles.